The molecule has 0 bridgehead atoms. The summed E-state index contributed by atoms with van der Waals surface area (Å²) >= 11 is 0. The number of piperazine rings is 1. The van der Waals surface area contributed by atoms with Gasteiger partial charge >= 0.3 is 11.2 Å². The van der Waals surface area contributed by atoms with Gasteiger partial charge in [0.1, 0.15) is 5.65 Å². The maximum absolute atomic E-state index is 12.5. The highest BCUT2D eigenvalue weighted by Gasteiger charge is 2.28. The highest BCUT2D eigenvalue weighted by atomic mass is 16.6. The molecule has 0 saturated carbocycles. The number of nitro groups is 1. The maximum Gasteiger partial charge on any atom is 0.376 e. The number of likely N-dealkylation sites (N-methyl/N-ethyl adjacent to an activating group) is 1. The third kappa shape index (κ3) is 4.09. The van der Waals surface area contributed by atoms with Crippen LogP contribution in [0.3, 0.4) is 0 Å². The lowest BCUT2D eigenvalue weighted by molar-refractivity contribution is -0.385. The lowest BCUT2D eigenvalue weighted by Crippen LogP contribution is -2.52. The van der Waals surface area contributed by atoms with E-state index in [2.05, 4.69) is 41.0 Å². The monoisotopic (exact) mass is 374 g/mol. The third-order valence-corrected chi connectivity index (χ3v) is 5.15. The van der Waals surface area contributed by atoms with Gasteiger partial charge in [-0.05, 0) is 25.1 Å². The van der Waals surface area contributed by atoms with Gasteiger partial charge in [-0.1, -0.05) is 19.9 Å². The van der Waals surface area contributed by atoms with Gasteiger partial charge in [0, 0.05) is 45.0 Å². The van der Waals surface area contributed by atoms with E-state index in [0.717, 1.165) is 26.2 Å². The molecular weight excluding hydrogens is 348 g/mol. The number of fused-ring (bicyclic) bond motifs is 1. The minimum atomic E-state index is -0.672. The van der Waals surface area contributed by atoms with E-state index in [1.54, 1.807) is 18.2 Å². The molecule has 1 atom stereocenters. The second-order valence-corrected chi connectivity index (χ2v) is 7.33. The first kappa shape index (κ1) is 19.2. The molecule has 0 spiro atoms. The van der Waals surface area contributed by atoms with Gasteiger partial charge in [0.2, 0.25) is 5.82 Å². The van der Waals surface area contributed by atoms with Crippen LogP contribution in [0.5, 0.6) is 0 Å². The van der Waals surface area contributed by atoms with Crippen LogP contribution >= 0.6 is 0 Å². The van der Waals surface area contributed by atoms with Crippen molar-refractivity contribution in [3.8, 4) is 0 Å². The van der Waals surface area contributed by atoms with Crippen molar-refractivity contribution in [1.29, 1.82) is 0 Å². The predicted octanol–water partition coefficient (Wildman–Crippen LogP) is 1.29. The van der Waals surface area contributed by atoms with Crippen LogP contribution in [0.4, 0.5) is 11.5 Å². The van der Waals surface area contributed by atoms with Gasteiger partial charge in [-0.25, -0.2) is 4.98 Å². The fraction of sp³-hybridized carbons (Fsp3) is 0.556. The number of hydrogen-bond acceptors (Lipinski definition) is 7. The van der Waals surface area contributed by atoms with Crippen molar-refractivity contribution in [3.63, 3.8) is 0 Å². The molecule has 1 N–H and O–H groups in total. The second kappa shape index (κ2) is 8.01. The Bertz CT molecular complexity index is 873. The summed E-state index contributed by atoms with van der Waals surface area (Å²) in [5.74, 6) is 0.400. The van der Waals surface area contributed by atoms with Crippen LogP contribution in [0.15, 0.2) is 29.2 Å². The number of pyridine rings is 1. The molecular formula is C18H26N6O3. The smallest absolute Gasteiger partial charge is 0.363 e. The molecule has 0 radical (unpaired) electrons. The molecule has 0 unspecified atom stereocenters. The van der Waals surface area contributed by atoms with Crippen molar-refractivity contribution in [2.24, 2.45) is 5.92 Å². The molecule has 2 aromatic rings. The summed E-state index contributed by atoms with van der Waals surface area (Å²) in [5.41, 5.74) is -0.801. The molecule has 3 heterocycles. The molecule has 9 heteroatoms. The first-order valence-corrected chi connectivity index (χ1v) is 9.20. The van der Waals surface area contributed by atoms with E-state index in [-0.39, 0.29) is 11.9 Å². The van der Waals surface area contributed by atoms with Crippen LogP contribution < -0.4 is 10.9 Å². The molecule has 9 nitrogen and oxygen atoms in total. The zero-order valence-electron chi connectivity index (χ0n) is 16.0. The number of nitrogens with zero attached hydrogens (tertiary/aromatic N) is 5. The number of aromatic nitrogens is 2. The molecule has 1 saturated heterocycles. The summed E-state index contributed by atoms with van der Waals surface area (Å²) in [4.78, 5) is 32.4. The molecule has 2 aromatic heterocycles. The first-order valence-electron chi connectivity index (χ1n) is 9.20. The average Bonchev–Trinajstić information content (AvgIpc) is 2.63. The molecule has 27 heavy (non-hydrogen) atoms. The highest BCUT2D eigenvalue weighted by Crippen LogP contribution is 2.20. The van der Waals surface area contributed by atoms with E-state index in [1.807, 2.05) is 0 Å². The lowest BCUT2D eigenvalue weighted by atomic mass is 10.0. The predicted molar refractivity (Wildman–Crippen MR) is 104 cm³/mol. The quantitative estimate of drug-likeness (QED) is 0.601. The molecule has 1 aliphatic rings. The van der Waals surface area contributed by atoms with Crippen LogP contribution in [0.25, 0.3) is 5.65 Å². The minimum Gasteiger partial charge on any atom is -0.363 e. The number of hydrogen-bond donors (Lipinski definition) is 1. The summed E-state index contributed by atoms with van der Waals surface area (Å²) in [6.07, 6.45) is 1.49. The largest absolute Gasteiger partial charge is 0.376 e. The Balaban J connectivity index is 1.87. The van der Waals surface area contributed by atoms with Crippen LogP contribution in [-0.2, 0) is 0 Å². The Morgan fingerprint density at radius 1 is 1.26 bits per heavy atom. The van der Waals surface area contributed by atoms with Gasteiger partial charge in [0.15, 0.2) is 0 Å². The normalized spacial score (nSPS) is 17.3. The Morgan fingerprint density at radius 3 is 2.59 bits per heavy atom. The van der Waals surface area contributed by atoms with Crippen molar-refractivity contribution in [3.05, 3.63) is 44.9 Å². The third-order valence-electron chi connectivity index (χ3n) is 5.15. The Labute approximate surface area is 157 Å². The van der Waals surface area contributed by atoms with Crippen LogP contribution in [0.2, 0.25) is 0 Å². The first-order chi connectivity index (χ1) is 12.9. The molecule has 1 aliphatic heterocycles. The minimum absolute atomic E-state index is 0.0379. The topological polar surface area (TPSA) is 96.0 Å². The van der Waals surface area contributed by atoms with Gasteiger partial charge in [-0.2, -0.15) is 0 Å². The molecule has 3 rings (SSSR count). The van der Waals surface area contributed by atoms with Crippen molar-refractivity contribution in [2.45, 2.75) is 19.9 Å². The zero-order chi connectivity index (χ0) is 19.6. The van der Waals surface area contributed by atoms with E-state index in [4.69, 9.17) is 0 Å². The Hall–Kier alpha value is -2.52. The number of rotatable bonds is 6. The fourth-order valence-electron chi connectivity index (χ4n) is 3.51. The van der Waals surface area contributed by atoms with Crippen molar-refractivity contribution >= 4 is 17.2 Å². The summed E-state index contributed by atoms with van der Waals surface area (Å²) in [6, 6.07) is 5.26. The molecule has 0 aliphatic carbocycles. The molecule has 0 amide bonds. The van der Waals surface area contributed by atoms with E-state index in [0.29, 0.717) is 18.1 Å². The van der Waals surface area contributed by atoms with E-state index in [9.17, 15) is 14.9 Å². The Kier molecular flexibility index (Phi) is 5.71. The van der Waals surface area contributed by atoms with Crippen molar-refractivity contribution < 1.29 is 4.92 Å². The van der Waals surface area contributed by atoms with Crippen molar-refractivity contribution in [1.82, 2.24) is 19.2 Å². The van der Waals surface area contributed by atoms with Crippen LogP contribution in [-0.4, -0.2) is 69.9 Å². The van der Waals surface area contributed by atoms with Gasteiger partial charge < -0.3 is 10.2 Å². The van der Waals surface area contributed by atoms with Gasteiger partial charge in [-0.15, -0.1) is 0 Å². The maximum atomic E-state index is 12.5. The van der Waals surface area contributed by atoms with E-state index < -0.39 is 16.2 Å². The van der Waals surface area contributed by atoms with Gasteiger partial charge in [0.05, 0.1) is 4.92 Å². The second-order valence-electron chi connectivity index (χ2n) is 7.33. The van der Waals surface area contributed by atoms with Crippen LogP contribution in [0.1, 0.15) is 13.8 Å². The summed E-state index contributed by atoms with van der Waals surface area (Å²) in [7, 11) is 2.11. The summed E-state index contributed by atoms with van der Waals surface area (Å²) in [5, 5.41) is 14.6. The Morgan fingerprint density at radius 2 is 1.96 bits per heavy atom. The SMILES string of the molecule is CC(C)[C@@H](CNc1nc2ccccn2c(=O)c1[N+](=O)[O-])N1CCN(C)CC1. The van der Waals surface area contributed by atoms with Gasteiger partial charge in [0.25, 0.3) is 0 Å². The van der Waals surface area contributed by atoms with Crippen molar-refractivity contribution in [2.75, 3.05) is 45.1 Å². The highest BCUT2D eigenvalue weighted by molar-refractivity contribution is 5.59. The molecule has 146 valence electrons. The van der Waals surface area contributed by atoms with E-state index >= 15 is 0 Å². The summed E-state index contributed by atoms with van der Waals surface area (Å²) in [6.45, 7) is 8.69. The number of anilines is 1. The zero-order valence-corrected chi connectivity index (χ0v) is 16.0. The summed E-state index contributed by atoms with van der Waals surface area (Å²) < 4.78 is 1.20. The fourth-order valence-corrected chi connectivity index (χ4v) is 3.51. The molecule has 0 aromatic carbocycles. The van der Waals surface area contributed by atoms with E-state index in [1.165, 1.54) is 10.6 Å². The number of nitrogens with one attached hydrogen (secondary N) is 1. The van der Waals surface area contributed by atoms with Crippen LogP contribution in [0, 0.1) is 16.0 Å². The molecule has 1 fully saturated rings. The standard InChI is InChI=1S/C18H26N6O3/c1-13(2)14(22-10-8-21(3)9-11-22)12-19-17-16(24(26)27)18(25)23-7-5-4-6-15(23)20-17/h4-7,13-14,19H,8-12H2,1-3H3/t14-/m1/s1. The average molecular weight is 374 g/mol. The van der Waals surface area contributed by atoms with Gasteiger partial charge in [-0.3, -0.25) is 24.2 Å². The lowest BCUT2D eigenvalue weighted by Gasteiger charge is -2.40.